The second kappa shape index (κ2) is 10.7. The first kappa shape index (κ1) is 22.4. The van der Waals surface area contributed by atoms with E-state index < -0.39 is 28.8 Å². The Bertz CT molecular complexity index is 358. The fourth-order valence-corrected chi connectivity index (χ4v) is 1.62. The molecule has 124 valence electrons. The van der Waals surface area contributed by atoms with Gasteiger partial charge in [0.15, 0.2) is 0 Å². The van der Waals surface area contributed by atoms with E-state index in [0.29, 0.717) is 6.42 Å². The molecule has 2 atom stereocenters. The summed E-state index contributed by atoms with van der Waals surface area (Å²) in [6.45, 7) is 4.64. The Hall–Kier alpha value is -0.930. The van der Waals surface area contributed by atoms with Gasteiger partial charge in [-0.2, -0.15) is 24.4 Å². The molecule has 0 aromatic rings. The lowest BCUT2D eigenvalue weighted by atomic mass is 10.1. The smallest absolute Gasteiger partial charge is 0.326 e. The van der Waals surface area contributed by atoms with Crippen molar-refractivity contribution in [1.82, 2.24) is 5.32 Å². The third-order valence-corrected chi connectivity index (χ3v) is 3.24. The highest BCUT2D eigenvalue weighted by atomic mass is 32.2. The molecule has 0 aliphatic heterocycles. The first-order valence-corrected chi connectivity index (χ1v) is 7.97. The van der Waals surface area contributed by atoms with Crippen molar-refractivity contribution in [1.29, 1.82) is 0 Å². The molecule has 0 saturated carbocycles. The van der Waals surface area contributed by atoms with Crippen molar-refractivity contribution in [3.8, 4) is 0 Å². The summed E-state index contributed by atoms with van der Waals surface area (Å²) in [5, 5.41) is 19.3. The van der Waals surface area contributed by atoms with Crippen LogP contribution in [0.3, 0.4) is 0 Å². The van der Waals surface area contributed by atoms with Crippen molar-refractivity contribution >= 4 is 42.2 Å². The van der Waals surface area contributed by atoms with Gasteiger partial charge in [0.2, 0.25) is 5.91 Å². The molecule has 0 radical (unpaired) electrons. The van der Waals surface area contributed by atoms with Crippen molar-refractivity contribution in [3.05, 3.63) is 0 Å². The maximum atomic E-state index is 10.5. The van der Waals surface area contributed by atoms with Gasteiger partial charge in [0.25, 0.3) is 0 Å². The molecule has 9 heteroatoms. The topological polar surface area (TPSA) is 130 Å². The molecular weight excluding hydrogens is 316 g/mol. The zero-order chi connectivity index (χ0) is 17.2. The zero-order valence-electron chi connectivity index (χ0n) is 12.6. The van der Waals surface area contributed by atoms with Crippen LogP contribution in [0.4, 0.5) is 0 Å². The minimum Gasteiger partial charge on any atom is -0.480 e. The molecule has 0 unspecified atom stereocenters. The van der Waals surface area contributed by atoms with Gasteiger partial charge in [0.1, 0.15) is 12.1 Å². The van der Waals surface area contributed by atoms with Crippen LogP contribution in [-0.2, 0) is 14.4 Å². The van der Waals surface area contributed by atoms with Crippen LogP contribution < -0.4 is 11.1 Å². The van der Waals surface area contributed by atoms with Crippen molar-refractivity contribution in [3.63, 3.8) is 0 Å². The third kappa shape index (κ3) is 12.5. The van der Waals surface area contributed by atoms with Gasteiger partial charge in [-0.15, -0.1) is 0 Å². The number of carboxylic acid groups (broad SMARTS) is 2. The van der Waals surface area contributed by atoms with Crippen LogP contribution in [0, 0.1) is 0 Å². The van der Waals surface area contributed by atoms with Gasteiger partial charge in [-0.05, 0) is 32.3 Å². The van der Waals surface area contributed by atoms with Gasteiger partial charge < -0.3 is 21.3 Å². The maximum Gasteiger partial charge on any atom is 0.326 e. The Labute approximate surface area is 134 Å². The van der Waals surface area contributed by atoms with Crippen molar-refractivity contribution in [2.45, 2.75) is 44.0 Å². The van der Waals surface area contributed by atoms with Crippen molar-refractivity contribution in [2.24, 2.45) is 5.73 Å². The number of thioether (sulfide) groups is 1. The molecule has 0 aromatic carbocycles. The van der Waals surface area contributed by atoms with Crippen LogP contribution in [0.5, 0.6) is 0 Å². The molecule has 0 aliphatic carbocycles. The number of amides is 1. The number of hydrogen-bond donors (Lipinski definition) is 5. The lowest BCUT2D eigenvalue weighted by Gasteiger charge is -2.21. The second-order valence-electron chi connectivity index (χ2n) is 4.84. The molecule has 1 amide bonds. The molecule has 0 rings (SSSR count). The lowest BCUT2D eigenvalue weighted by Crippen LogP contribution is -2.45. The molecule has 7 nitrogen and oxygen atoms in total. The van der Waals surface area contributed by atoms with E-state index in [-0.39, 0.29) is 5.91 Å². The van der Waals surface area contributed by atoms with E-state index >= 15 is 0 Å². The number of carbonyl (C=O) groups is 3. The molecule has 0 bridgehead atoms. The third-order valence-electron chi connectivity index (χ3n) is 2.31. The summed E-state index contributed by atoms with van der Waals surface area (Å²) in [5.74, 6) is -1.56. The minimum atomic E-state index is -1.02. The maximum absolute atomic E-state index is 10.5. The lowest BCUT2D eigenvalue weighted by molar-refractivity contribution is -0.141. The monoisotopic (exact) mass is 340 g/mol. The van der Waals surface area contributed by atoms with Gasteiger partial charge in [-0.1, -0.05) is 0 Å². The van der Waals surface area contributed by atoms with Gasteiger partial charge in [-0.25, -0.2) is 4.79 Å². The molecule has 21 heavy (non-hydrogen) atoms. The number of rotatable bonds is 7. The molecule has 0 aromatic heterocycles. The molecular formula is C12H24N2O5S2. The second-order valence-corrected chi connectivity index (χ2v) is 6.98. The normalized spacial score (nSPS) is 13.4. The fraction of sp³-hybridized carbons (Fsp3) is 0.750. The van der Waals surface area contributed by atoms with Gasteiger partial charge >= 0.3 is 11.9 Å². The highest BCUT2D eigenvalue weighted by molar-refractivity contribution is 7.98. The number of thiol groups is 1. The molecule has 5 N–H and O–H groups in total. The Kier molecular flexibility index (Phi) is 11.4. The first-order valence-electron chi connectivity index (χ1n) is 6.13. The van der Waals surface area contributed by atoms with Gasteiger partial charge in [0.05, 0.1) is 0 Å². The van der Waals surface area contributed by atoms with Crippen LogP contribution in [-0.4, -0.2) is 56.9 Å². The van der Waals surface area contributed by atoms with Gasteiger partial charge in [0, 0.05) is 11.7 Å². The largest absolute Gasteiger partial charge is 0.480 e. The predicted molar refractivity (Wildman–Crippen MR) is 86.9 cm³/mol. The van der Waals surface area contributed by atoms with Crippen LogP contribution in [0.25, 0.3) is 0 Å². The van der Waals surface area contributed by atoms with E-state index in [9.17, 15) is 14.4 Å². The molecule has 0 aliphatic rings. The number of hydrogen-bond acceptors (Lipinski definition) is 6. The zero-order valence-corrected chi connectivity index (χ0v) is 14.3. The van der Waals surface area contributed by atoms with Crippen LogP contribution >= 0.6 is 24.4 Å². The van der Waals surface area contributed by atoms with Crippen LogP contribution in [0.1, 0.15) is 27.2 Å². The van der Waals surface area contributed by atoms with Crippen molar-refractivity contribution < 1.29 is 24.6 Å². The molecule has 0 spiro atoms. The highest BCUT2D eigenvalue weighted by Gasteiger charge is 2.27. The Morgan fingerprint density at radius 1 is 1.29 bits per heavy atom. The van der Waals surface area contributed by atoms with E-state index in [1.807, 2.05) is 6.26 Å². The Morgan fingerprint density at radius 3 is 1.95 bits per heavy atom. The predicted octanol–water partition coefficient (Wildman–Crippen LogP) is 0.436. The molecule has 0 saturated heterocycles. The van der Waals surface area contributed by atoms with E-state index in [4.69, 9.17) is 15.9 Å². The summed E-state index contributed by atoms with van der Waals surface area (Å²) < 4.78 is -0.647. The number of nitrogens with two attached hydrogens (primary N) is 1. The minimum absolute atomic E-state index is 0.302. The average Bonchev–Trinajstić information content (AvgIpc) is 2.32. The number of carboxylic acids is 2. The van der Waals surface area contributed by atoms with E-state index in [1.165, 1.54) is 6.92 Å². The SMILES string of the molecule is CC(C)(S)[C@H](N)C(=O)O.CSCC[C@H](NC(C)=O)C(=O)O. The molecule has 0 fully saturated rings. The fourth-order valence-electron chi connectivity index (χ4n) is 1.04. The first-order chi connectivity index (χ1) is 9.43. The summed E-state index contributed by atoms with van der Waals surface area (Å²) in [6, 6.07) is -1.64. The number of aliphatic carboxylic acids is 2. The average molecular weight is 340 g/mol. The summed E-state index contributed by atoms with van der Waals surface area (Å²) in [7, 11) is 0. The van der Waals surface area contributed by atoms with E-state index in [1.54, 1.807) is 25.6 Å². The van der Waals surface area contributed by atoms with Gasteiger partial charge in [-0.3, -0.25) is 9.59 Å². The quantitative estimate of drug-likeness (QED) is 0.425. The number of carbonyl (C=O) groups excluding carboxylic acids is 1. The van der Waals surface area contributed by atoms with Crippen molar-refractivity contribution in [2.75, 3.05) is 12.0 Å². The Balaban J connectivity index is 0. The summed E-state index contributed by atoms with van der Waals surface area (Å²) in [6.07, 6.45) is 2.36. The summed E-state index contributed by atoms with van der Waals surface area (Å²) in [5.41, 5.74) is 5.22. The Morgan fingerprint density at radius 2 is 1.76 bits per heavy atom. The van der Waals surface area contributed by atoms with Crippen LogP contribution in [0.15, 0.2) is 0 Å². The van der Waals surface area contributed by atoms with E-state index in [2.05, 4.69) is 17.9 Å². The standard InChI is InChI=1S/C7H13NO3S.C5H11NO2S/c1-5(9)8-6(7(10)11)3-4-12-2;1-5(2,9)3(6)4(7)8/h6H,3-4H2,1-2H3,(H,8,9)(H,10,11);3,9H,6H2,1-2H3,(H,7,8)/t6-;3-/m01/s1. The summed E-state index contributed by atoms with van der Waals surface area (Å²) >= 11 is 5.54. The van der Waals surface area contributed by atoms with Crippen LogP contribution in [0.2, 0.25) is 0 Å². The van der Waals surface area contributed by atoms with E-state index in [0.717, 1.165) is 5.75 Å². The summed E-state index contributed by atoms with van der Waals surface area (Å²) in [4.78, 5) is 31.2. The molecule has 0 heterocycles. The number of nitrogens with one attached hydrogen (secondary N) is 1. The highest BCUT2D eigenvalue weighted by Crippen LogP contribution is 2.15.